The Morgan fingerprint density at radius 3 is 2.33 bits per heavy atom. The number of carbonyl (C=O) groups excluding carboxylic acids is 1. The van der Waals surface area contributed by atoms with Crippen LogP contribution in [0.25, 0.3) is 21.9 Å². The van der Waals surface area contributed by atoms with Crippen molar-refractivity contribution in [1.82, 2.24) is 5.32 Å². The fourth-order valence-corrected chi connectivity index (χ4v) is 3.97. The summed E-state index contributed by atoms with van der Waals surface area (Å²) in [6, 6.07) is 9.83. The summed E-state index contributed by atoms with van der Waals surface area (Å²) in [6.45, 7) is 10.2. The van der Waals surface area contributed by atoms with Crippen LogP contribution >= 0.6 is 0 Å². The molecular formula is C25H25NO4. The fraction of sp³-hybridized carbons (Fsp3) is 0.280. The van der Waals surface area contributed by atoms with E-state index in [4.69, 9.17) is 8.83 Å². The second kappa shape index (κ2) is 7.48. The van der Waals surface area contributed by atoms with Crippen LogP contribution in [-0.2, 0) is 17.8 Å². The van der Waals surface area contributed by atoms with Crippen LogP contribution in [0.4, 0.5) is 0 Å². The van der Waals surface area contributed by atoms with Gasteiger partial charge in [-0.05, 0) is 62.9 Å². The first kappa shape index (κ1) is 20.0. The summed E-state index contributed by atoms with van der Waals surface area (Å²) in [5.74, 6) is 0.615. The van der Waals surface area contributed by atoms with E-state index in [1.807, 2.05) is 65.0 Å². The van der Waals surface area contributed by atoms with Crippen molar-refractivity contribution < 1.29 is 13.6 Å². The maximum atomic E-state index is 12.6. The van der Waals surface area contributed by atoms with Crippen LogP contribution in [0.3, 0.4) is 0 Å². The van der Waals surface area contributed by atoms with Crippen LogP contribution < -0.4 is 10.9 Å². The highest BCUT2D eigenvalue weighted by molar-refractivity contribution is 6.07. The molecule has 4 rings (SSSR count). The van der Waals surface area contributed by atoms with E-state index in [2.05, 4.69) is 5.32 Å². The molecule has 5 heteroatoms. The van der Waals surface area contributed by atoms with Gasteiger partial charge in [0.1, 0.15) is 16.9 Å². The van der Waals surface area contributed by atoms with Crippen molar-refractivity contribution in [3.8, 4) is 0 Å². The molecule has 2 heterocycles. The Hall–Kier alpha value is -3.34. The Labute approximate surface area is 174 Å². The monoisotopic (exact) mass is 403 g/mol. The minimum Gasteiger partial charge on any atom is -0.460 e. The van der Waals surface area contributed by atoms with E-state index < -0.39 is 5.63 Å². The molecule has 0 saturated heterocycles. The van der Waals surface area contributed by atoms with Crippen LogP contribution in [-0.4, -0.2) is 5.91 Å². The molecule has 5 nitrogen and oxygen atoms in total. The molecule has 1 N–H and O–H groups in total. The van der Waals surface area contributed by atoms with Gasteiger partial charge in [-0.1, -0.05) is 29.8 Å². The van der Waals surface area contributed by atoms with Gasteiger partial charge in [0.15, 0.2) is 0 Å². The molecule has 0 aliphatic carbocycles. The van der Waals surface area contributed by atoms with E-state index in [0.29, 0.717) is 23.3 Å². The van der Waals surface area contributed by atoms with Crippen LogP contribution in [0.5, 0.6) is 0 Å². The molecule has 0 aliphatic rings. The van der Waals surface area contributed by atoms with Crippen molar-refractivity contribution >= 4 is 27.8 Å². The smallest absolute Gasteiger partial charge is 0.340 e. The second-order valence-corrected chi connectivity index (χ2v) is 7.99. The van der Waals surface area contributed by atoms with Crippen molar-refractivity contribution in [2.45, 2.75) is 47.6 Å². The third-order valence-electron chi connectivity index (χ3n) is 5.83. The summed E-state index contributed by atoms with van der Waals surface area (Å²) in [5.41, 5.74) is 6.05. The van der Waals surface area contributed by atoms with Gasteiger partial charge in [0.25, 0.3) is 0 Å². The number of rotatable bonds is 4. The lowest BCUT2D eigenvalue weighted by Gasteiger charge is -2.10. The Bertz CT molecular complexity index is 1340. The number of fused-ring (bicyclic) bond motifs is 3. The number of carbonyl (C=O) groups is 1. The SMILES string of the molecule is Cc1ccc(CNC(=O)Cc2c(C)c3c(cc(C)c4c(C)c(C)oc43)oc2=O)cc1. The zero-order valence-corrected chi connectivity index (χ0v) is 17.9. The van der Waals surface area contributed by atoms with Crippen molar-refractivity contribution in [3.05, 3.63) is 79.9 Å². The van der Waals surface area contributed by atoms with Gasteiger partial charge in [0.2, 0.25) is 5.91 Å². The first-order valence-electron chi connectivity index (χ1n) is 10.0. The molecule has 0 atom stereocenters. The van der Waals surface area contributed by atoms with Crippen molar-refractivity contribution in [2.75, 3.05) is 0 Å². The van der Waals surface area contributed by atoms with Crippen molar-refractivity contribution in [2.24, 2.45) is 0 Å². The molecule has 2 aromatic heterocycles. The highest BCUT2D eigenvalue weighted by Gasteiger charge is 2.21. The Morgan fingerprint density at radius 2 is 1.63 bits per heavy atom. The van der Waals surface area contributed by atoms with E-state index in [1.54, 1.807) is 0 Å². The number of hydrogen-bond acceptors (Lipinski definition) is 4. The molecule has 30 heavy (non-hydrogen) atoms. The molecule has 0 fully saturated rings. The van der Waals surface area contributed by atoms with Gasteiger partial charge in [0.05, 0.1) is 17.4 Å². The molecule has 0 bridgehead atoms. The van der Waals surface area contributed by atoms with E-state index in [-0.39, 0.29) is 12.3 Å². The summed E-state index contributed by atoms with van der Waals surface area (Å²) < 4.78 is 11.6. The maximum absolute atomic E-state index is 12.6. The summed E-state index contributed by atoms with van der Waals surface area (Å²) in [7, 11) is 0. The number of furan rings is 1. The van der Waals surface area contributed by atoms with E-state index in [1.165, 1.54) is 5.56 Å². The summed E-state index contributed by atoms with van der Waals surface area (Å²) in [4.78, 5) is 25.2. The third-order valence-corrected chi connectivity index (χ3v) is 5.83. The van der Waals surface area contributed by atoms with Crippen molar-refractivity contribution in [1.29, 1.82) is 0 Å². The van der Waals surface area contributed by atoms with Gasteiger partial charge in [-0.3, -0.25) is 4.79 Å². The van der Waals surface area contributed by atoms with Crippen LogP contribution in [0.15, 0.2) is 44.0 Å². The average Bonchev–Trinajstić information content (AvgIpc) is 2.99. The molecule has 0 aliphatic heterocycles. The van der Waals surface area contributed by atoms with Gasteiger partial charge in [-0.15, -0.1) is 0 Å². The van der Waals surface area contributed by atoms with Crippen LogP contribution in [0, 0.1) is 34.6 Å². The number of nitrogens with one attached hydrogen (secondary N) is 1. The molecular weight excluding hydrogens is 378 g/mol. The zero-order valence-electron chi connectivity index (χ0n) is 17.9. The predicted octanol–water partition coefficient (Wildman–Crippen LogP) is 4.94. The number of hydrogen-bond donors (Lipinski definition) is 1. The predicted molar refractivity (Wildman–Crippen MR) is 118 cm³/mol. The van der Waals surface area contributed by atoms with Gasteiger partial charge in [0, 0.05) is 11.9 Å². The summed E-state index contributed by atoms with van der Waals surface area (Å²) in [6.07, 6.45) is -0.0377. The zero-order chi connectivity index (χ0) is 21.6. The lowest BCUT2D eigenvalue weighted by Crippen LogP contribution is -2.27. The molecule has 154 valence electrons. The molecule has 4 aromatic rings. The van der Waals surface area contributed by atoms with Gasteiger partial charge >= 0.3 is 5.63 Å². The van der Waals surface area contributed by atoms with Crippen molar-refractivity contribution in [3.63, 3.8) is 0 Å². The first-order valence-corrected chi connectivity index (χ1v) is 10.0. The average molecular weight is 403 g/mol. The van der Waals surface area contributed by atoms with E-state index >= 15 is 0 Å². The lowest BCUT2D eigenvalue weighted by molar-refractivity contribution is -0.120. The molecule has 0 unspecified atom stereocenters. The first-order chi connectivity index (χ1) is 14.3. The highest BCUT2D eigenvalue weighted by atomic mass is 16.4. The van der Waals surface area contributed by atoms with Crippen LogP contribution in [0.2, 0.25) is 0 Å². The largest absolute Gasteiger partial charge is 0.460 e. The number of amides is 1. The van der Waals surface area contributed by atoms with E-state index in [0.717, 1.165) is 38.8 Å². The maximum Gasteiger partial charge on any atom is 0.340 e. The summed E-state index contributed by atoms with van der Waals surface area (Å²) in [5, 5.41) is 4.68. The minimum absolute atomic E-state index is 0.0377. The highest BCUT2D eigenvalue weighted by Crippen LogP contribution is 2.36. The van der Waals surface area contributed by atoms with Gasteiger partial charge in [-0.2, -0.15) is 0 Å². The minimum atomic E-state index is -0.482. The second-order valence-electron chi connectivity index (χ2n) is 7.99. The topological polar surface area (TPSA) is 72.5 Å². The molecule has 0 radical (unpaired) electrons. The number of benzene rings is 2. The van der Waals surface area contributed by atoms with Gasteiger partial charge in [-0.25, -0.2) is 4.79 Å². The van der Waals surface area contributed by atoms with Crippen LogP contribution in [0.1, 0.15) is 39.1 Å². The standard InChI is InChI=1S/C25H25NO4/c1-13-6-8-18(9-7-13)12-26-21(27)11-19-16(4)23-20(30-25(19)28)10-14(2)22-15(3)17(5)29-24(22)23/h6-10H,11-12H2,1-5H3,(H,26,27). The summed E-state index contributed by atoms with van der Waals surface area (Å²) >= 11 is 0. The molecule has 0 saturated carbocycles. The van der Waals surface area contributed by atoms with Gasteiger partial charge < -0.3 is 14.2 Å². The fourth-order valence-electron chi connectivity index (χ4n) is 3.97. The lowest BCUT2D eigenvalue weighted by atomic mass is 9.98. The number of aryl methyl sites for hydroxylation is 5. The Kier molecular flexibility index (Phi) is 4.98. The molecule has 2 aromatic carbocycles. The Balaban J connectivity index is 1.70. The quantitative estimate of drug-likeness (QED) is 0.490. The molecule has 0 spiro atoms. The Morgan fingerprint density at radius 1 is 0.933 bits per heavy atom. The van der Waals surface area contributed by atoms with E-state index in [9.17, 15) is 9.59 Å². The third kappa shape index (κ3) is 3.41. The molecule has 1 amide bonds. The normalized spacial score (nSPS) is 11.4.